The number of rotatable bonds is 5. The van der Waals surface area contributed by atoms with Gasteiger partial charge in [0, 0.05) is 16.3 Å². The Labute approximate surface area is 128 Å². The van der Waals surface area contributed by atoms with Crippen LogP contribution in [0.2, 0.25) is 5.02 Å². The normalized spacial score (nSPS) is 12.2. The highest BCUT2D eigenvalue weighted by Gasteiger charge is 2.22. The number of hydrogen-bond donors (Lipinski definition) is 1. The Morgan fingerprint density at radius 2 is 1.95 bits per heavy atom. The van der Waals surface area contributed by atoms with Crippen molar-refractivity contribution in [2.24, 2.45) is 0 Å². The number of aliphatic carboxylic acids is 1. The van der Waals surface area contributed by atoms with Gasteiger partial charge in [0.05, 0.1) is 6.04 Å². The lowest BCUT2D eigenvalue weighted by Gasteiger charge is -2.29. The van der Waals surface area contributed by atoms with E-state index in [9.17, 15) is 9.90 Å². The predicted octanol–water partition coefficient (Wildman–Crippen LogP) is 4.20. The van der Waals surface area contributed by atoms with E-state index in [4.69, 9.17) is 16.0 Å². The minimum Gasteiger partial charge on any atom is -0.480 e. The third-order valence-corrected chi connectivity index (χ3v) is 3.71. The summed E-state index contributed by atoms with van der Waals surface area (Å²) in [5.74, 6) is 0.750. The molecule has 0 saturated heterocycles. The van der Waals surface area contributed by atoms with Gasteiger partial charge in [0.15, 0.2) is 0 Å². The molecule has 112 valence electrons. The van der Waals surface area contributed by atoms with Crippen LogP contribution in [0.5, 0.6) is 0 Å². The number of hydrogen-bond acceptors (Lipinski definition) is 3. The fourth-order valence-corrected chi connectivity index (χ4v) is 2.59. The smallest absolute Gasteiger partial charge is 0.323 e. The van der Waals surface area contributed by atoms with Crippen LogP contribution in [0, 0.1) is 13.8 Å². The second-order valence-corrected chi connectivity index (χ2v) is 5.48. The van der Waals surface area contributed by atoms with Gasteiger partial charge in [-0.1, -0.05) is 11.6 Å². The molecule has 0 saturated carbocycles. The molecule has 1 unspecified atom stereocenters. The highest BCUT2D eigenvalue weighted by Crippen LogP contribution is 2.31. The fraction of sp³-hybridized carbons (Fsp3) is 0.312. The Bertz CT molecular complexity index is 633. The Morgan fingerprint density at radius 1 is 1.33 bits per heavy atom. The van der Waals surface area contributed by atoms with Crippen LogP contribution >= 0.6 is 11.6 Å². The molecule has 4 nitrogen and oxygen atoms in total. The van der Waals surface area contributed by atoms with Crippen LogP contribution in [-0.4, -0.2) is 17.6 Å². The largest absolute Gasteiger partial charge is 0.480 e. The molecule has 21 heavy (non-hydrogen) atoms. The summed E-state index contributed by atoms with van der Waals surface area (Å²) in [5.41, 5.74) is 1.80. The monoisotopic (exact) mass is 307 g/mol. The standard InChI is InChI=1S/C16H18ClNO3/c1-10-8-15(12(3)21-10)11(2)18(9-16(19)20)14-6-4-13(17)5-7-14/h4-8,11H,9H2,1-3H3,(H,19,20). The maximum Gasteiger partial charge on any atom is 0.323 e. The SMILES string of the molecule is Cc1cc(C(C)N(CC(=O)O)c2ccc(Cl)cc2)c(C)o1. The molecule has 1 aromatic carbocycles. The maximum absolute atomic E-state index is 11.2. The van der Waals surface area contributed by atoms with Crippen LogP contribution in [0.3, 0.4) is 0 Å². The van der Waals surface area contributed by atoms with E-state index in [-0.39, 0.29) is 12.6 Å². The van der Waals surface area contributed by atoms with Gasteiger partial charge >= 0.3 is 5.97 Å². The molecule has 1 atom stereocenters. The van der Waals surface area contributed by atoms with E-state index < -0.39 is 5.97 Å². The zero-order valence-electron chi connectivity index (χ0n) is 12.3. The van der Waals surface area contributed by atoms with Gasteiger partial charge in [0.2, 0.25) is 0 Å². The zero-order valence-corrected chi connectivity index (χ0v) is 13.0. The van der Waals surface area contributed by atoms with Crippen molar-refractivity contribution in [3.8, 4) is 0 Å². The first-order chi connectivity index (χ1) is 9.88. The van der Waals surface area contributed by atoms with Gasteiger partial charge in [-0.05, 0) is 51.1 Å². The molecular weight excluding hydrogens is 290 g/mol. The minimum absolute atomic E-state index is 0.0908. The second kappa shape index (κ2) is 6.22. The third-order valence-electron chi connectivity index (χ3n) is 3.46. The molecule has 0 amide bonds. The van der Waals surface area contributed by atoms with Crippen molar-refractivity contribution in [1.29, 1.82) is 0 Å². The van der Waals surface area contributed by atoms with Crippen molar-refractivity contribution >= 4 is 23.3 Å². The number of nitrogens with zero attached hydrogens (tertiary/aromatic N) is 1. The van der Waals surface area contributed by atoms with Gasteiger partial charge in [-0.25, -0.2) is 0 Å². The van der Waals surface area contributed by atoms with Crippen LogP contribution in [0.25, 0.3) is 0 Å². The quantitative estimate of drug-likeness (QED) is 0.899. The van der Waals surface area contributed by atoms with Crippen LogP contribution in [-0.2, 0) is 4.79 Å². The fourth-order valence-electron chi connectivity index (χ4n) is 2.46. The Hall–Kier alpha value is -1.94. The first-order valence-corrected chi connectivity index (χ1v) is 7.07. The molecule has 0 spiro atoms. The van der Waals surface area contributed by atoms with Gasteiger partial charge in [0.25, 0.3) is 0 Å². The van der Waals surface area contributed by atoms with E-state index in [1.807, 2.05) is 43.9 Å². The summed E-state index contributed by atoms with van der Waals surface area (Å²) in [6.07, 6.45) is 0. The summed E-state index contributed by atoms with van der Waals surface area (Å²) in [5, 5.41) is 9.80. The van der Waals surface area contributed by atoms with E-state index in [1.54, 1.807) is 12.1 Å². The summed E-state index contributed by atoms with van der Waals surface area (Å²) in [6, 6.07) is 9.00. The number of furan rings is 1. The minimum atomic E-state index is -0.880. The maximum atomic E-state index is 11.2. The van der Waals surface area contributed by atoms with Gasteiger partial charge in [0.1, 0.15) is 18.1 Å². The van der Waals surface area contributed by atoms with Crippen LogP contribution in [0.15, 0.2) is 34.7 Å². The number of carboxylic acid groups (broad SMARTS) is 1. The van der Waals surface area contributed by atoms with E-state index in [0.29, 0.717) is 5.02 Å². The lowest BCUT2D eigenvalue weighted by Crippen LogP contribution is -2.32. The van der Waals surface area contributed by atoms with E-state index >= 15 is 0 Å². The van der Waals surface area contributed by atoms with Gasteiger partial charge < -0.3 is 14.4 Å². The average molecular weight is 308 g/mol. The molecule has 0 bridgehead atoms. The van der Waals surface area contributed by atoms with Crippen LogP contribution in [0.1, 0.15) is 30.0 Å². The number of benzene rings is 1. The van der Waals surface area contributed by atoms with Crippen molar-refractivity contribution < 1.29 is 14.3 Å². The Balaban J connectivity index is 2.37. The number of carbonyl (C=O) groups is 1. The number of halogens is 1. The Kier molecular flexibility index (Phi) is 4.58. The lowest BCUT2D eigenvalue weighted by atomic mass is 10.1. The molecule has 0 aliphatic rings. The molecule has 5 heteroatoms. The molecule has 0 radical (unpaired) electrons. The second-order valence-electron chi connectivity index (χ2n) is 5.04. The number of anilines is 1. The highest BCUT2D eigenvalue weighted by atomic mass is 35.5. The molecule has 1 N–H and O–H groups in total. The molecule has 2 aromatic rings. The third kappa shape index (κ3) is 3.58. The van der Waals surface area contributed by atoms with Gasteiger partial charge in [-0.15, -0.1) is 0 Å². The molecule has 0 fully saturated rings. The molecule has 0 aliphatic heterocycles. The average Bonchev–Trinajstić information content (AvgIpc) is 2.75. The Morgan fingerprint density at radius 3 is 2.43 bits per heavy atom. The van der Waals surface area contributed by atoms with E-state index in [0.717, 1.165) is 22.8 Å². The summed E-state index contributed by atoms with van der Waals surface area (Å²) in [7, 11) is 0. The summed E-state index contributed by atoms with van der Waals surface area (Å²) < 4.78 is 5.55. The molecule has 1 aromatic heterocycles. The van der Waals surface area contributed by atoms with Crippen LogP contribution < -0.4 is 4.90 Å². The van der Waals surface area contributed by atoms with Gasteiger partial charge in [-0.2, -0.15) is 0 Å². The van der Waals surface area contributed by atoms with Crippen LogP contribution in [0.4, 0.5) is 5.69 Å². The van der Waals surface area contributed by atoms with Crippen molar-refractivity contribution in [1.82, 2.24) is 0 Å². The topological polar surface area (TPSA) is 53.7 Å². The number of carboxylic acids is 1. The summed E-state index contributed by atoms with van der Waals surface area (Å²) in [4.78, 5) is 13.0. The predicted molar refractivity (Wildman–Crippen MR) is 83.0 cm³/mol. The number of aryl methyl sites for hydroxylation is 2. The van der Waals surface area contributed by atoms with E-state index in [2.05, 4.69) is 0 Å². The van der Waals surface area contributed by atoms with Crippen molar-refractivity contribution in [2.45, 2.75) is 26.8 Å². The summed E-state index contributed by atoms with van der Waals surface area (Å²) >= 11 is 5.90. The molecule has 0 aliphatic carbocycles. The summed E-state index contributed by atoms with van der Waals surface area (Å²) in [6.45, 7) is 5.65. The first-order valence-electron chi connectivity index (χ1n) is 6.69. The molecule has 1 heterocycles. The lowest BCUT2D eigenvalue weighted by molar-refractivity contribution is -0.135. The van der Waals surface area contributed by atoms with Crippen molar-refractivity contribution in [3.05, 3.63) is 52.4 Å². The zero-order chi connectivity index (χ0) is 15.6. The van der Waals surface area contributed by atoms with Crippen molar-refractivity contribution in [2.75, 3.05) is 11.4 Å². The molecular formula is C16H18ClNO3. The molecule has 2 rings (SSSR count). The van der Waals surface area contributed by atoms with E-state index in [1.165, 1.54) is 0 Å². The van der Waals surface area contributed by atoms with Crippen molar-refractivity contribution in [3.63, 3.8) is 0 Å². The first kappa shape index (κ1) is 15.4. The van der Waals surface area contributed by atoms with Gasteiger partial charge in [-0.3, -0.25) is 4.79 Å². The highest BCUT2D eigenvalue weighted by molar-refractivity contribution is 6.30.